The van der Waals surface area contributed by atoms with Crippen molar-refractivity contribution in [2.24, 2.45) is 11.8 Å². The number of ketones is 1. The number of carbonyl (C=O) groups is 1. The third-order valence-corrected chi connectivity index (χ3v) is 12.8. The van der Waals surface area contributed by atoms with Crippen LogP contribution in [0.4, 0.5) is 0 Å². The maximum Gasteiger partial charge on any atom is 0.192 e. The van der Waals surface area contributed by atoms with Crippen LogP contribution < -0.4 is 0 Å². The minimum Gasteiger partial charge on any atom is -0.413 e. The maximum absolute atomic E-state index is 13.1. The number of Topliss-reactive ketones (excluding diaryl/α,β-unsaturated/α-hetero) is 1. The molecule has 0 aliphatic heterocycles. The third kappa shape index (κ3) is 14.8. The topological polar surface area (TPSA) is 65.0 Å². The molecule has 5 nitrogen and oxygen atoms in total. The zero-order valence-corrected chi connectivity index (χ0v) is 27.7. The van der Waals surface area contributed by atoms with Crippen molar-refractivity contribution in [3.8, 4) is 0 Å². The Morgan fingerprint density at radius 1 is 0.780 bits per heavy atom. The van der Waals surface area contributed by atoms with Crippen LogP contribution in [0.15, 0.2) is 60.7 Å². The number of ether oxygens (including phenoxy) is 2. The van der Waals surface area contributed by atoms with Crippen LogP contribution in [0.25, 0.3) is 0 Å². The van der Waals surface area contributed by atoms with Gasteiger partial charge in [0.25, 0.3) is 0 Å². The molecule has 6 heteroatoms. The molecule has 0 aromatic heterocycles. The summed E-state index contributed by atoms with van der Waals surface area (Å²) in [6.07, 6.45) is 2.97. The molecule has 41 heavy (non-hydrogen) atoms. The molecule has 2 aromatic carbocycles. The van der Waals surface area contributed by atoms with Crippen LogP contribution in [-0.2, 0) is 31.9 Å². The number of carbonyl (C=O) groups excluding carboxylic acids is 1. The molecule has 1 N–H and O–H groups in total. The lowest BCUT2D eigenvalue weighted by Crippen LogP contribution is -2.45. The van der Waals surface area contributed by atoms with Crippen LogP contribution in [0.1, 0.15) is 84.3 Å². The smallest absolute Gasteiger partial charge is 0.192 e. The van der Waals surface area contributed by atoms with Crippen molar-refractivity contribution < 1.29 is 23.8 Å². The van der Waals surface area contributed by atoms with Crippen molar-refractivity contribution in [2.45, 2.75) is 117 Å². The van der Waals surface area contributed by atoms with Gasteiger partial charge in [-0.1, -0.05) is 95.3 Å². The fraction of sp³-hybridized carbons (Fsp3) is 0.629. The van der Waals surface area contributed by atoms with E-state index in [9.17, 15) is 9.90 Å². The highest BCUT2D eigenvalue weighted by Crippen LogP contribution is 2.38. The normalized spacial score (nSPS) is 15.3. The van der Waals surface area contributed by atoms with E-state index >= 15 is 0 Å². The third-order valence-electron chi connectivity index (χ3n) is 8.26. The Balaban J connectivity index is 1.79. The summed E-state index contributed by atoms with van der Waals surface area (Å²) in [4.78, 5) is 13.1. The molecule has 2 aromatic rings. The molecule has 0 bridgehead atoms. The number of aliphatic hydroxyl groups is 1. The van der Waals surface area contributed by atoms with Gasteiger partial charge in [-0.3, -0.25) is 4.79 Å². The second-order valence-electron chi connectivity index (χ2n) is 13.4. The van der Waals surface area contributed by atoms with E-state index < -0.39 is 14.4 Å². The van der Waals surface area contributed by atoms with Gasteiger partial charge in [-0.25, -0.2) is 0 Å². The van der Waals surface area contributed by atoms with Gasteiger partial charge in [-0.2, -0.15) is 0 Å². The van der Waals surface area contributed by atoms with Crippen LogP contribution in [0.5, 0.6) is 0 Å². The van der Waals surface area contributed by atoms with E-state index in [-0.39, 0.29) is 29.3 Å². The molecule has 0 heterocycles. The molecule has 0 saturated heterocycles. The summed E-state index contributed by atoms with van der Waals surface area (Å²) in [5.74, 6) is 0.735. The molecular formula is C35H56O5Si. The first-order chi connectivity index (χ1) is 19.4. The highest BCUT2D eigenvalue weighted by molar-refractivity contribution is 6.74. The van der Waals surface area contributed by atoms with Crippen molar-refractivity contribution in [1.29, 1.82) is 0 Å². The van der Waals surface area contributed by atoms with Gasteiger partial charge < -0.3 is 19.0 Å². The van der Waals surface area contributed by atoms with E-state index in [4.69, 9.17) is 13.9 Å². The summed E-state index contributed by atoms with van der Waals surface area (Å²) in [6.45, 7) is 18.1. The highest BCUT2D eigenvalue weighted by atomic mass is 28.4. The number of hydrogen-bond donors (Lipinski definition) is 1. The van der Waals surface area contributed by atoms with E-state index in [2.05, 4.69) is 72.0 Å². The van der Waals surface area contributed by atoms with Crippen LogP contribution in [-0.4, -0.2) is 44.6 Å². The lowest BCUT2D eigenvalue weighted by atomic mass is 9.94. The Morgan fingerprint density at radius 2 is 1.24 bits per heavy atom. The SMILES string of the molecule is C[C@@H](CCOCc1ccccc1)C[C@H](O)CC(=O)C[C@H](C[C@@H](C)CCOCc1ccccc1)O[Si](C)(C)C(C)(C)C. The molecule has 0 fully saturated rings. The molecule has 4 atom stereocenters. The number of rotatable bonds is 20. The van der Waals surface area contributed by atoms with Gasteiger partial charge in [0.1, 0.15) is 5.78 Å². The minimum atomic E-state index is -2.05. The standard InChI is InChI=1S/C35H56O5Si/c1-28(18-20-38-26-30-14-10-8-11-15-30)22-32(36)24-33(37)25-34(40-41(6,7)35(3,4)5)23-29(2)19-21-39-27-31-16-12-9-13-17-31/h8-17,28-29,32,34,36H,18-27H2,1-7H3/t28-,29-,32-,34-/m0/s1. The minimum absolute atomic E-state index is 0.0634. The lowest BCUT2D eigenvalue weighted by Gasteiger charge is -2.40. The van der Waals surface area contributed by atoms with Crippen molar-refractivity contribution >= 4 is 14.1 Å². The molecule has 0 aliphatic rings. The van der Waals surface area contributed by atoms with E-state index in [0.29, 0.717) is 45.2 Å². The van der Waals surface area contributed by atoms with Gasteiger partial charge in [0.15, 0.2) is 8.32 Å². The highest BCUT2D eigenvalue weighted by Gasteiger charge is 2.39. The molecular weight excluding hydrogens is 528 g/mol. The predicted molar refractivity (Wildman–Crippen MR) is 171 cm³/mol. The first-order valence-electron chi connectivity index (χ1n) is 15.5. The van der Waals surface area contributed by atoms with Crippen molar-refractivity contribution in [3.05, 3.63) is 71.8 Å². The van der Waals surface area contributed by atoms with Crippen molar-refractivity contribution in [3.63, 3.8) is 0 Å². The number of aliphatic hydroxyl groups excluding tert-OH is 1. The Kier molecular flexibility index (Phi) is 15.5. The summed E-state index contributed by atoms with van der Waals surface area (Å²) >= 11 is 0. The van der Waals surface area contributed by atoms with E-state index in [1.165, 1.54) is 5.56 Å². The van der Waals surface area contributed by atoms with Crippen LogP contribution in [0.2, 0.25) is 18.1 Å². The van der Waals surface area contributed by atoms with Crippen molar-refractivity contribution in [1.82, 2.24) is 0 Å². The Bertz CT molecular complexity index is 973. The summed E-state index contributed by atoms with van der Waals surface area (Å²) in [5.41, 5.74) is 2.34. The summed E-state index contributed by atoms with van der Waals surface area (Å²) in [6, 6.07) is 20.4. The van der Waals surface area contributed by atoms with Gasteiger partial charge in [-0.05, 0) is 66.8 Å². The second-order valence-corrected chi connectivity index (χ2v) is 18.2. The second kappa shape index (κ2) is 18.0. The predicted octanol–water partition coefficient (Wildman–Crippen LogP) is 8.35. The lowest BCUT2D eigenvalue weighted by molar-refractivity contribution is -0.123. The molecule has 0 aliphatic carbocycles. The Labute approximate surface area is 251 Å². The molecule has 0 saturated carbocycles. The fourth-order valence-corrected chi connectivity index (χ4v) is 6.06. The summed E-state index contributed by atoms with van der Waals surface area (Å²) in [5, 5.41) is 10.8. The Morgan fingerprint density at radius 3 is 1.71 bits per heavy atom. The van der Waals surface area contributed by atoms with Gasteiger partial charge in [0, 0.05) is 26.1 Å². The molecule has 0 amide bonds. The molecule has 2 rings (SSSR count). The summed E-state index contributed by atoms with van der Waals surface area (Å²) in [7, 11) is -2.05. The zero-order chi connectivity index (χ0) is 30.3. The van der Waals surface area contributed by atoms with Gasteiger partial charge in [0.2, 0.25) is 0 Å². The molecule has 230 valence electrons. The maximum atomic E-state index is 13.1. The number of hydrogen-bond acceptors (Lipinski definition) is 5. The van der Waals surface area contributed by atoms with E-state index in [0.717, 1.165) is 24.8 Å². The van der Waals surface area contributed by atoms with Gasteiger partial charge >= 0.3 is 0 Å². The first kappa shape index (κ1) is 35.4. The van der Waals surface area contributed by atoms with Gasteiger partial charge in [-0.15, -0.1) is 0 Å². The average Bonchev–Trinajstić information content (AvgIpc) is 2.89. The Hall–Kier alpha value is -1.83. The van der Waals surface area contributed by atoms with Crippen LogP contribution >= 0.6 is 0 Å². The van der Waals surface area contributed by atoms with Crippen LogP contribution in [0.3, 0.4) is 0 Å². The van der Waals surface area contributed by atoms with Crippen molar-refractivity contribution in [2.75, 3.05) is 13.2 Å². The van der Waals surface area contributed by atoms with Gasteiger partial charge in [0.05, 0.1) is 25.4 Å². The van der Waals surface area contributed by atoms with E-state index in [1.54, 1.807) is 0 Å². The quantitative estimate of drug-likeness (QED) is 0.125. The van der Waals surface area contributed by atoms with E-state index in [1.807, 2.05) is 36.4 Å². The summed E-state index contributed by atoms with van der Waals surface area (Å²) < 4.78 is 18.5. The zero-order valence-electron chi connectivity index (χ0n) is 26.7. The number of benzene rings is 2. The molecule has 0 radical (unpaired) electrons. The fourth-order valence-electron chi connectivity index (χ4n) is 4.70. The average molecular weight is 585 g/mol. The molecule has 0 unspecified atom stereocenters. The monoisotopic (exact) mass is 584 g/mol. The first-order valence-corrected chi connectivity index (χ1v) is 18.4. The largest absolute Gasteiger partial charge is 0.413 e. The molecule has 0 spiro atoms. The van der Waals surface area contributed by atoms with Crippen LogP contribution in [0, 0.1) is 11.8 Å².